The van der Waals surface area contributed by atoms with Gasteiger partial charge in [-0.2, -0.15) is 0 Å². The second-order valence-corrected chi connectivity index (χ2v) is 11.1. The van der Waals surface area contributed by atoms with Gasteiger partial charge in [-0.3, -0.25) is 9.59 Å². The Hall–Kier alpha value is -3.16. The third kappa shape index (κ3) is 4.00. The van der Waals surface area contributed by atoms with Crippen LogP contribution in [0.5, 0.6) is 0 Å². The lowest BCUT2D eigenvalue weighted by molar-refractivity contribution is -0.128. The van der Waals surface area contributed by atoms with Crippen molar-refractivity contribution in [3.63, 3.8) is 0 Å². The molecule has 1 aromatic heterocycles. The van der Waals surface area contributed by atoms with Gasteiger partial charge in [-0.25, -0.2) is 9.78 Å². The third-order valence-corrected chi connectivity index (χ3v) is 7.70. The Kier molecular flexibility index (Phi) is 6.17. The van der Waals surface area contributed by atoms with Gasteiger partial charge in [0, 0.05) is 30.4 Å². The summed E-state index contributed by atoms with van der Waals surface area (Å²) in [5.74, 6) is 0.856. The van der Waals surface area contributed by atoms with E-state index < -0.39 is 5.41 Å². The Balaban J connectivity index is 1.47. The lowest BCUT2D eigenvalue weighted by Crippen LogP contribution is -2.65. The van der Waals surface area contributed by atoms with Crippen LogP contribution in [-0.2, 0) is 45.7 Å². The van der Waals surface area contributed by atoms with Crippen molar-refractivity contribution in [3.8, 4) is 0 Å². The fourth-order valence-electron chi connectivity index (χ4n) is 5.67. The number of Topliss-reactive ketones (excluding diaryl/α,β-unsaturated/α-hetero) is 1. The molecular weight excluding hydrogens is 456 g/mol. The molecule has 3 heterocycles. The summed E-state index contributed by atoms with van der Waals surface area (Å²) in [5, 5.41) is 0. The van der Waals surface area contributed by atoms with Crippen molar-refractivity contribution in [2.45, 2.75) is 84.9 Å². The number of likely N-dealkylation sites (tertiary alicyclic amines) is 1. The molecule has 5 rings (SSSR count). The topological polar surface area (TPSA) is 84.7 Å². The van der Waals surface area contributed by atoms with E-state index in [4.69, 9.17) is 9.72 Å². The minimum atomic E-state index is -0.762. The number of hydrogen-bond donors (Lipinski definition) is 0. The number of fused-ring (bicyclic) bond motifs is 3. The highest BCUT2D eigenvalue weighted by molar-refractivity contribution is 6.09. The van der Waals surface area contributed by atoms with Gasteiger partial charge in [0.1, 0.15) is 11.2 Å². The summed E-state index contributed by atoms with van der Waals surface area (Å²) in [6, 6.07) is 6.08. The summed E-state index contributed by atoms with van der Waals surface area (Å²) in [6.07, 6.45) is 3.41. The van der Waals surface area contributed by atoms with Crippen LogP contribution < -0.4 is 4.90 Å². The van der Waals surface area contributed by atoms with Crippen molar-refractivity contribution in [2.24, 2.45) is 5.92 Å². The molecule has 0 saturated carbocycles. The molecule has 8 nitrogen and oxygen atoms in total. The van der Waals surface area contributed by atoms with E-state index in [0.29, 0.717) is 19.6 Å². The van der Waals surface area contributed by atoms with Crippen molar-refractivity contribution < 1.29 is 19.1 Å². The monoisotopic (exact) mass is 492 g/mol. The quantitative estimate of drug-likeness (QED) is 0.610. The van der Waals surface area contributed by atoms with Crippen LogP contribution in [0.1, 0.15) is 68.9 Å². The highest BCUT2D eigenvalue weighted by Crippen LogP contribution is 2.48. The highest BCUT2D eigenvalue weighted by atomic mass is 16.6. The molecule has 1 aromatic carbocycles. The van der Waals surface area contributed by atoms with Crippen LogP contribution in [0.15, 0.2) is 18.2 Å². The van der Waals surface area contributed by atoms with Crippen LogP contribution in [0.3, 0.4) is 0 Å². The Bertz CT molecular complexity index is 1220. The summed E-state index contributed by atoms with van der Waals surface area (Å²) >= 11 is 0. The summed E-state index contributed by atoms with van der Waals surface area (Å²) in [6.45, 7) is 10.7. The molecule has 2 aromatic rings. The van der Waals surface area contributed by atoms with Crippen molar-refractivity contribution in [1.29, 1.82) is 0 Å². The number of rotatable bonds is 6. The number of aromatic nitrogens is 2. The first kappa shape index (κ1) is 24.5. The average molecular weight is 493 g/mol. The van der Waals surface area contributed by atoms with Gasteiger partial charge in [0.2, 0.25) is 5.91 Å². The van der Waals surface area contributed by atoms with E-state index >= 15 is 0 Å². The van der Waals surface area contributed by atoms with Gasteiger partial charge in [-0.1, -0.05) is 31.5 Å². The molecule has 0 N–H and O–H groups in total. The predicted octanol–water partition coefficient (Wildman–Crippen LogP) is 3.94. The highest BCUT2D eigenvalue weighted by Gasteiger charge is 2.59. The van der Waals surface area contributed by atoms with Gasteiger partial charge in [0.15, 0.2) is 5.78 Å². The van der Waals surface area contributed by atoms with E-state index in [2.05, 4.69) is 10.6 Å². The first-order valence-corrected chi connectivity index (χ1v) is 13.1. The smallest absolute Gasteiger partial charge is 0.410 e. The van der Waals surface area contributed by atoms with Gasteiger partial charge >= 0.3 is 6.09 Å². The second-order valence-electron chi connectivity index (χ2n) is 11.1. The van der Waals surface area contributed by atoms with Gasteiger partial charge in [0.25, 0.3) is 0 Å². The number of carbonyl (C=O) groups excluding carboxylic acids is 3. The fraction of sp³-hybridized carbons (Fsp3) is 0.571. The maximum atomic E-state index is 14.0. The van der Waals surface area contributed by atoms with Crippen molar-refractivity contribution >= 4 is 23.5 Å². The first-order chi connectivity index (χ1) is 17.1. The second kappa shape index (κ2) is 9.05. The molecule has 2 amide bonds. The maximum absolute atomic E-state index is 14.0. The van der Waals surface area contributed by atoms with E-state index in [-0.39, 0.29) is 36.4 Å². The normalized spacial score (nSPS) is 18.0. The van der Waals surface area contributed by atoms with E-state index in [0.717, 1.165) is 59.7 Å². The van der Waals surface area contributed by atoms with Crippen LogP contribution in [0.25, 0.3) is 0 Å². The number of benzene rings is 1. The Labute approximate surface area is 212 Å². The zero-order valence-electron chi connectivity index (χ0n) is 22.0. The molecule has 1 fully saturated rings. The van der Waals surface area contributed by atoms with Gasteiger partial charge in [-0.05, 0) is 58.1 Å². The number of anilines is 1. The summed E-state index contributed by atoms with van der Waals surface area (Å²) in [4.78, 5) is 47.6. The Morgan fingerprint density at radius 1 is 1.11 bits per heavy atom. The Morgan fingerprint density at radius 2 is 1.83 bits per heavy atom. The predicted molar refractivity (Wildman–Crippen MR) is 136 cm³/mol. The SMILES string of the molecule is Cc1ccc2c(c1)C1(CN(C(=O)OC(C)C)C1)C(=O)N2Cc1nc2c(n1CC(=O)C(C)C)CCCC2. The van der Waals surface area contributed by atoms with Crippen molar-refractivity contribution in [1.82, 2.24) is 14.5 Å². The molecule has 0 bridgehead atoms. The van der Waals surface area contributed by atoms with Crippen LogP contribution in [0, 0.1) is 12.8 Å². The number of imidazole rings is 1. The molecular formula is C28H36N4O4. The molecule has 192 valence electrons. The van der Waals surface area contributed by atoms with Crippen molar-refractivity contribution in [2.75, 3.05) is 18.0 Å². The first-order valence-electron chi connectivity index (χ1n) is 13.1. The lowest BCUT2D eigenvalue weighted by Gasteiger charge is -2.46. The molecule has 2 aliphatic heterocycles. The van der Waals surface area contributed by atoms with Crippen LogP contribution >= 0.6 is 0 Å². The third-order valence-electron chi connectivity index (χ3n) is 7.70. The number of aryl methyl sites for hydroxylation is 2. The molecule has 36 heavy (non-hydrogen) atoms. The van der Waals surface area contributed by atoms with Gasteiger partial charge in [-0.15, -0.1) is 0 Å². The minimum absolute atomic E-state index is 0.0144. The summed E-state index contributed by atoms with van der Waals surface area (Å²) in [7, 11) is 0. The largest absolute Gasteiger partial charge is 0.447 e. The number of hydrogen-bond acceptors (Lipinski definition) is 5. The van der Waals surface area contributed by atoms with Crippen LogP contribution in [0.2, 0.25) is 0 Å². The average Bonchev–Trinajstić information content (AvgIpc) is 3.24. The number of ketones is 1. The molecule has 1 saturated heterocycles. The standard InChI is InChI=1S/C28H36N4O4/c1-17(2)24(33)13-31-23-9-7-6-8-21(23)29-25(31)14-32-22-11-10-19(5)12-20(22)28(26(32)34)15-30(16-28)27(35)36-18(3)4/h10-12,17-18H,6-9,13-16H2,1-5H3. The molecule has 8 heteroatoms. The lowest BCUT2D eigenvalue weighted by atomic mass is 9.74. The number of nitrogens with zero attached hydrogens (tertiary/aromatic N) is 4. The van der Waals surface area contributed by atoms with E-state index in [9.17, 15) is 14.4 Å². The van der Waals surface area contributed by atoms with Gasteiger partial charge < -0.3 is 19.1 Å². The number of ether oxygens (including phenoxy) is 1. The number of amides is 2. The molecule has 3 aliphatic rings. The van der Waals surface area contributed by atoms with E-state index in [1.165, 1.54) is 0 Å². The minimum Gasteiger partial charge on any atom is -0.447 e. The molecule has 0 radical (unpaired) electrons. The summed E-state index contributed by atoms with van der Waals surface area (Å²) in [5.41, 5.74) is 4.34. The molecule has 0 unspecified atom stereocenters. The molecule has 1 aliphatic carbocycles. The number of carbonyl (C=O) groups is 3. The van der Waals surface area contributed by atoms with Gasteiger partial charge in [0.05, 0.1) is 24.9 Å². The summed E-state index contributed by atoms with van der Waals surface area (Å²) < 4.78 is 7.43. The molecule has 0 atom stereocenters. The van der Waals surface area contributed by atoms with Crippen LogP contribution in [0.4, 0.5) is 10.5 Å². The zero-order valence-corrected chi connectivity index (χ0v) is 22.0. The van der Waals surface area contributed by atoms with Crippen molar-refractivity contribution in [3.05, 3.63) is 46.5 Å². The fourth-order valence-corrected chi connectivity index (χ4v) is 5.67. The van der Waals surface area contributed by atoms with E-state index in [1.54, 1.807) is 4.90 Å². The molecule has 1 spiro atoms. The Morgan fingerprint density at radius 3 is 2.53 bits per heavy atom. The van der Waals surface area contributed by atoms with E-state index in [1.807, 2.05) is 51.7 Å². The zero-order chi connectivity index (χ0) is 25.8. The maximum Gasteiger partial charge on any atom is 0.410 e. The van der Waals surface area contributed by atoms with Crippen LogP contribution in [-0.4, -0.2) is 51.4 Å².